The largest absolute Gasteiger partial charge is 0.472 e. The number of benzene rings is 1. The van der Waals surface area contributed by atoms with Crippen LogP contribution < -0.4 is 4.74 Å². The highest BCUT2D eigenvalue weighted by atomic mass is 16.6. The number of aryl methyl sites for hydroxylation is 3. The molecule has 1 aliphatic heterocycles. The van der Waals surface area contributed by atoms with E-state index in [4.69, 9.17) is 4.74 Å². The fourth-order valence-corrected chi connectivity index (χ4v) is 3.25. The number of rotatable bonds is 4. The zero-order valence-corrected chi connectivity index (χ0v) is 15.6. The summed E-state index contributed by atoms with van der Waals surface area (Å²) in [4.78, 5) is 33.7. The van der Waals surface area contributed by atoms with Gasteiger partial charge < -0.3 is 9.64 Å². The quantitative estimate of drug-likeness (QED) is 0.606. The molecular formula is C19H22N4O4. The summed E-state index contributed by atoms with van der Waals surface area (Å²) < 4.78 is 5.96. The zero-order valence-electron chi connectivity index (χ0n) is 15.6. The van der Waals surface area contributed by atoms with Crippen molar-refractivity contribution in [3.63, 3.8) is 0 Å². The number of piperidine rings is 1. The Bertz CT molecular complexity index is 864. The number of aromatic nitrogens is 2. The fourth-order valence-electron chi connectivity index (χ4n) is 3.25. The molecule has 0 radical (unpaired) electrons. The summed E-state index contributed by atoms with van der Waals surface area (Å²) >= 11 is 0. The molecule has 2 heterocycles. The van der Waals surface area contributed by atoms with E-state index in [1.165, 1.54) is 6.07 Å². The number of ether oxygens (including phenoxy) is 1. The van der Waals surface area contributed by atoms with E-state index < -0.39 is 4.92 Å². The molecule has 8 heteroatoms. The predicted molar refractivity (Wildman–Crippen MR) is 98.9 cm³/mol. The Morgan fingerprint density at radius 3 is 2.74 bits per heavy atom. The van der Waals surface area contributed by atoms with Crippen molar-refractivity contribution in [2.75, 3.05) is 13.1 Å². The van der Waals surface area contributed by atoms with Gasteiger partial charge in [0, 0.05) is 35.5 Å². The second-order valence-electron chi connectivity index (χ2n) is 6.79. The van der Waals surface area contributed by atoms with Crippen LogP contribution >= 0.6 is 0 Å². The van der Waals surface area contributed by atoms with Gasteiger partial charge in [0.2, 0.25) is 5.88 Å². The van der Waals surface area contributed by atoms with Gasteiger partial charge in [0.05, 0.1) is 11.5 Å². The van der Waals surface area contributed by atoms with Gasteiger partial charge in [-0.3, -0.25) is 14.9 Å². The molecule has 1 fully saturated rings. The molecule has 1 aromatic carbocycles. The Morgan fingerprint density at radius 1 is 1.26 bits per heavy atom. The number of hydrogen-bond acceptors (Lipinski definition) is 6. The molecule has 0 N–H and O–H groups in total. The summed E-state index contributed by atoms with van der Waals surface area (Å²) in [5.41, 5.74) is 1.64. The van der Waals surface area contributed by atoms with Gasteiger partial charge in [0.25, 0.3) is 11.6 Å². The molecule has 142 valence electrons. The number of carbonyl (C=O) groups excluding carboxylic acids is 1. The van der Waals surface area contributed by atoms with E-state index >= 15 is 0 Å². The van der Waals surface area contributed by atoms with Crippen LogP contribution in [0.1, 0.15) is 40.3 Å². The lowest BCUT2D eigenvalue weighted by Gasteiger charge is -2.32. The highest BCUT2D eigenvalue weighted by Crippen LogP contribution is 2.23. The molecule has 1 aromatic heterocycles. The van der Waals surface area contributed by atoms with Crippen molar-refractivity contribution < 1.29 is 14.5 Å². The summed E-state index contributed by atoms with van der Waals surface area (Å²) in [6.07, 6.45) is 1.45. The molecule has 3 rings (SSSR count). The summed E-state index contributed by atoms with van der Waals surface area (Å²) in [5, 5.41) is 11.1. The highest BCUT2D eigenvalue weighted by Gasteiger charge is 2.27. The summed E-state index contributed by atoms with van der Waals surface area (Å²) in [6, 6.07) is 6.36. The van der Waals surface area contributed by atoms with Crippen LogP contribution in [0.5, 0.6) is 5.88 Å². The number of carbonyl (C=O) groups is 1. The first-order chi connectivity index (χ1) is 12.8. The number of nitro benzene ring substituents is 1. The Morgan fingerprint density at radius 2 is 2.04 bits per heavy atom. The Hall–Kier alpha value is -3.03. The van der Waals surface area contributed by atoms with Crippen LogP contribution in [-0.2, 0) is 0 Å². The van der Waals surface area contributed by atoms with Crippen molar-refractivity contribution in [2.45, 2.75) is 39.7 Å². The standard InChI is InChI=1S/C19H22N4O4/c1-12-6-7-15(10-17(12)23(25)26)19(24)22-8-4-5-16(11-22)27-18-9-13(2)20-14(3)21-18/h6-7,9-10,16H,4-5,8,11H2,1-3H3. The third-order valence-corrected chi connectivity index (χ3v) is 4.55. The van der Waals surface area contributed by atoms with Crippen LogP contribution in [0.25, 0.3) is 0 Å². The molecule has 0 bridgehead atoms. The third kappa shape index (κ3) is 4.39. The Balaban J connectivity index is 1.73. The van der Waals surface area contributed by atoms with E-state index in [0.717, 1.165) is 18.5 Å². The number of hydrogen-bond donors (Lipinski definition) is 0. The van der Waals surface area contributed by atoms with E-state index in [9.17, 15) is 14.9 Å². The monoisotopic (exact) mass is 370 g/mol. The molecule has 1 atom stereocenters. The van der Waals surface area contributed by atoms with Crippen LogP contribution in [0.4, 0.5) is 5.69 Å². The summed E-state index contributed by atoms with van der Waals surface area (Å²) in [7, 11) is 0. The predicted octanol–water partition coefficient (Wildman–Crippen LogP) is 2.99. The van der Waals surface area contributed by atoms with Crippen LogP contribution in [0.2, 0.25) is 0 Å². The first-order valence-electron chi connectivity index (χ1n) is 8.87. The SMILES string of the molecule is Cc1cc(OC2CCCN(C(=O)c3ccc(C)c([N+](=O)[O-])c3)C2)nc(C)n1. The number of nitro groups is 1. The lowest BCUT2D eigenvalue weighted by molar-refractivity contribution is -0.385. The van der Waals surface area contributed by atoms with Crippen LogP contribution in [-0.4, -0.2) is 44.9 Å². The van der Waals surface area contributed by atoms with E-state index in [1.807, 2.05) is 6.92 Å². The molecule has 0 aliphatic carbocycles. The molecule has 0 spiro atoms. The van der Waals surface area contributed by atoms with Crippen LogP contribution in [0, 0.1) is 30.9 Å². The second-order valence-corrected chi connectivity index (χ2v) is 6.79. The Kier molecular flexibility index (Phi) is 5.34. The molecule has 1 aliphatic rings. The first-order valence-corrected chi connectivity index (χ1v) is 8.87. The van der Waals surface area contributed by atoms with Gasteiger partial charge in [-0.05, 0) is 39.7 Å². The minimum atomic E-state index is -0.464. The number of nitrogens with zero attached hydrogens (tertiary/aromatic N) is 4. The minimum Gasteiger partial charge on any atom is -0.472 e. The second kappa shape index (κ2) is 7.69. The van der Waals surface area contributed by atoms with E-state index in [0.29, 0.717) is 35.9 Å². The van der Waals surface area contributed by atoms with E-state index in [1.54, 1.807) is 36.9 Å². The average Bonchev–Trinajstić information content (AvgIpc) is 2.60. The van der Waals surface area contributed by atoms with Crippen LogP contribution in [0.15, 0.2) is 24.3 Å². The van der Waals surface area contributed by atoms with Gasteiger partial charge in [-0.25, -0.2) is 4.98 Å². The normalized spacial score (nSPS) is 16.9. The van der Waals surface area contributed by atoms with Gasteiger partial charge in [-0.2, -0.15) is 4.98 Å². The fraction of sp³-hybridized carbons (Fsp3) is 0.421. The first kappa shape index (κ1) is 18.8. The maximum atomic E-state index is 12.8. The number of amides is 1. The highest BCUT2D eigenvalue weighted by molar-refractivity contribution is 5.95. The van der Waals surface area contributed by atoms with Gasteiger partial charge in [0.1, 0.15) is 11.9 Å². The molecule has 2 aromatic rings. The van der Waals surface area contributed by atoms with Gasteiger partial charge in [-0.15, -0.1) is 0 Å². The molecule has 27 heavy (non-hydrogen) atoms. The average molecular weight is 370 g/mol. The Labute approximate surface area is 157 Å². The van der Waals surface area contributed by atoms with Crippen molar-refractivity contribution in [1.29, 1.82) is 0 Å². The van der Waals surface area contributed by atoms with Crippen molar-refractivity contribution in [2.24, 2.45) is 0 Å². The summed E-state index contributed by atoms with van der Waals surface area (Å²) in [5.74, 6) is 0.924. The molecule has 1 unspecified atom stereocenters. The topological polar surface area (TPSA) is 98.5 Å². The van der Waals surface area contributed by atoms with Crippen molar-refractivity contribution in [3.05, 3.63) is 57.0 Å². The molecule has 0 saturated carbocycles. The molecular weight excluding hydrogens is 348 g/mol. The van der Waals surface area contributed by atoms with Crippen molar-refractivity contribution >= 4 is 11.6 Å². The smallest absolute Gasteiger partial charge is 0.273 e. The molecule has 1 amide bonds. The molecule has 8 nitrogen and oxygen atoms in total. The minimum absolute atomic E-state index is 0.0439. The van der Waals surface area contributed by atoms with Crippen LogP contribution in [0.3, 0.4) is 0 Å². The maximum Gasteiger partial charge on any atom is 0.273 e. The van der Waals surface area contributed by atoms with Crippen molar-refractivity contribution in [3.8, 4) is 5.88 Å². The number of likely N-dealkylation sites (tertiary alicyclic amines) is 1. The molecule has 1 saturated heterocycles. The van der Waals surface area contributed by atoms with E-state index in [-0.39, 0.29) is 17.7 Å². The summed E-state index contributed by atoms with van der Waals surface area (Å²) in [6.45, 7) is 6.36. The van der Waals surface area contributed by atoms with Gasteiger partial charge >= 0.3 is 0 Å². The van der Waals surface area contributed by atoms with E-state index in [2.05, 4.69) is 9.97 Å². The lowest BCUT2D eigenvalue weighted by Crippen LogP contribution is -2.44. The third-order valence-electron chi connectivity index (χ3n) is 4.55. The van der Waals surface area contributed by atoms with Gasteiger partial charge in [-0.1, -0.05) is 6.07 Å². The lowest BCUT2D eigenvalue weighted by atomic mass is 10.0. The zero-order chi connectivity index (χ0) is 19.6. The van der Waals surface area contributed by atoms with Crippen molar-refractivity contribution in [1.82, 2.24) is 14.9 Å². The van der Waals surface area contributed by atoms with Gasteiger partial charge in [0.15, 0.2) is 0 Å². The maximum absolute atomic E-state index is 12.8.